The van der Waals surface area contributed by atoms with E-state index in [9.17, 15) is 40.4 Å². The van der Waals surface area contributed by atoms with Gasteiger partial charge in [0.05, 0.1) is 10.7 Å². The zero-order chi connectivity index (χ0) is 30.8. The van der Waals surface area contributed by atoms with Gasteiger partial charge in [-0.3, -0.25) is 9.36 Å². The number of nitriles is 1. The summed E-state index contributed by atoms with van der Waals surface area (Å²) in [5.74, 6) is -1.45. The molecule has 0 spiro atoms. The molecule has 1 saturated carbocycles. The Morgan fingerprint density at radius 1 is 1.24 bits per heavy atom. The van der Waals surface area contributed by atoms with Gasteiger partial charge >= 0.3 is 12.8 Å². The van der Waals surface area contributed by atoms with E-state index in [2.05, 4.69) is 20.0 Å². The maximum Gasteiger partial charge on any atom is 0.394 e. The number of halogens is 5. The van der Waals surface area contributed by atoms with Crippen LogP contribution in [0.15, 0.2) is 12.3 Å². The van der Waals surface area contributed by atoms with Crippen molar-refractivity contribution >= 4 is 15.7 Å². The molecule has 1 amide bonds. The van der Waals surface area contributed by atoms with Crippen molar-refractivity contribution in [2.24, 2.45) is 11.3 Å². The summed E-state index contributed by atoms with van der Waals surface area (Å²) >= 11 is 0. The Hall–Kier alpha value is -3.28. The van der Waals surface area contributed by atoms with Crippen molar-refractivity contribution in [2.45, 2.75) is 77.3 Å². The number of nitrogens with one attached hydrogen (secondary N) is 1. The zero-order valence-electron chi connectivity index (χ0n) is 23.1. The number of pyridine rings is 1. The fourth-order valence-corrected chi connectivity index (χ4v) is 5.94. The van der Waals surface area contributed by atoms with Crippen LogP contribution in [0.4, 0.5) is 22.0 Å². The largest absolute Gasteiger partial charge is 0.431 e. The lowest BCUT2D eigenvalue weighted by molar-refractivity contribution is -0.211. The Morgan fingerprint density at radius 2 is 1.88 bits per heavy atom. The van der Waals surface area contributed by atoms with Crippen molar-refractivity contribution < 1.29 is 39.9 Å². The van der Waals surface area contributed by atoms with Crippen molar-refractivity contribution in [2.75, 3.05) is 12.8 Å². The highest BCUT2D eigenvalue weighted by Gasteiger charge is 2.47. The molecular weight excluding hydrogens is 573 g/mol. The predicted molar refractivity (Wildman–Crippen MR) is 139 cm³/mol. The molecule has 1 fully saturated rings. The van der Waals surface area contributed by atoms with Crippen LogP contribution in [0, 0.1) is 22.7 Å². The number of nitrogens with zero attached hydrogens (tertiary/aromatic N) is 4. The van der Waals surface area contributed by atoms with E-state index in [1.807, 2.05) is 6.07 Å². The van der Waals surface area contributed by atoms with Gasteiger partial charge in [-0.15, -0.1) is 0 Å². The first kappa shape index (κ1) is 32.2. The molecular formula is C26H32F5N5O4S. The Morgan fingerprint density at radius 3 is 2.39 bits per heavy atom. The summed E-state index contributed by atoms with van der Waals surface area (Å²) in [5, 5.41) is 12.2. The molecule has 15 heteroatoms. The highest BCUT2D eigenvalue weighted by Crippen LogP contribution is 2.41. The van der Waals surface area contributed by atoms with Crippen LogP contribution in [-0.4, -0.2) is 59.7 Å². The number of aromatic nitrogens is 3. The number of carbonyl (C=O) groups is 1. The van der Waals surface area contributed by atoms with Gasteiger partial charge < -0.3 is 10.1 Å². The van der Waals surface area contributed by atoms with Crippen LogP contribution < -0.4 is 10.1 Å². The quantitative estimate of drug-likeness (QED) is 0.387. The Labute approximate surface area is 235 Å². The number of aryl methyl sites for hydroxylation is 1. The van der Waals surface area contributed by atoms with Crippen LogP contribution in [-0.2, 0) is 22.7 Å². The van der Waals surface area contributed by atoms with Gasteiger partial charge in [0.1, 0.15) is 21.7 Å². The number of amides is 1. The van der Waals surface area contributed by atoms with Gasteiger partial charge in [0.25, 0.3) is 5.91 Å². The van der Waals surface area contributed by atoms with Gasteiger partial charge in [-0.05, 0) is 49.7 Å². The molecule has 0 aliphatic heterocycles. The molecule has 3 rings (SSSR count). The first-order chi connectivity index (χ1) is 19.0. The van der Waals surface area contributed by atoms with Gasteiger partial charge in [0.15, 0.2) is 23.0 Å². The van der Waals surface area contributed by atoms with Crippen LogP contribution in [0.1, 0.15) is 74.0 Å². The molecule has 2 aromatic rings. The second kappa shape index (κ2) is 12.3. The normalized spacial score (nSPS) is 18.3. The summed E-state index contributed by atoms with van der Waals surface area (Å²) in [6, 6.07) is 2.86. The third-order valence-electron chi connectivity index (χ3n) is 7.27. The van der Waals surface area contributed by atoms with Crippen molar-refractivity contribution in [1.82, 2.24) is 19.9 Å². The number of sulfone groups is 1. The number of imidazole rings is 1. The van der Waals surface area contributed by atoms with E-state index >= 15 is 0 Å². The van der Waals surface area contributed by atoms with Crippen molar-refractivity contribution in [3.8, 4) is 17.6 Å². The molecule has 1 N–H and O–H groups in total. The Kier molecular flexibility index (Phi) is 9.67. The lowest BCUT2D eigenvalue weighted by Gasteiger charge is -2.28. The van der Waals surface area contributed by atoms with Crippen molar-refractivity contribution in [3.05, 3.63) is 35.0 Å². The molecule has 0 bridgehead atoms. The summed E-state index contributed by atoms with van der Waals surface area (Å²) in [5.41, 5.74) is -2.79. The minimum atomic E-state index is -4.57. The molecule has 2 heterocycles. The molecule has 0 radical (unpaired) electrons. The van der Waals surface area contributed by atoms with E-state index in [1.54, 1.807) is 6.92 Å². The average Bonchev–Trinajstić information content (AvgIpc) is 3.24. The molecule has 0 saturated heterocycles. The first-order valence-electron chi connectivity index (χ1n) is 13.0. The van der Waals surface area contributed by atoms with E-state index in [0.29, 0.717) is 25.7 Å². The minimum absolute atomic E-state index is 0.0213. The summed E-state index contributed by atoms with van der Waals surface area (Å²) < 4.78 is 96.1. The van der Waals surface area contributed by atoms with Gasteiger partial charge in [0, 0.05) is 25.4 Å². The standard InChI is InChI=1S/C26H32F5N5O4S/c1-5-20-35-21(23(37)34-13-15-6-8-17(9-7-15)41(4,38)39)18(12-32)36(20)22-19(40-24(27)28)10-16(14-33-22)11-25(2,3)26(29,30)31/h10,14-15,17,24H,5-9,11,13H2,1-4H3,(H,34,37)/t15-,17-. The molecule has 0 unspecified atom stereocenters. The van der Waals surface area contributed by atoms with Crippen LogP contribution >= 0.6 is 0 Å². The third-order valence-corrected chi connectivity index (χ3v) is 8.95. The molecule has 0 atom stereocenters. The molecule has 1 aliphatic carbocycles. The van der Waals surface area contributed by atoms with Gasteiger partial charge in [-0.2, -0.15) is 27.2 Å². The number of ether oxygens (including phenoxy) is 1. The summed E-state index contributed by atoms with van der Waals surface area (Å²) in [7, 11) is -3.14. The molecule has 2 aromatic heterocycles. The number of rotatable bonds is 10. The van der Waals surface area contributed by atoms with Crippen LogP contribution in [0.3, 0.4) is 0 Å². The molecule has 226 valence electrons. The van der Waals surface area contributed by atoms with Gasteiger partial charge in [0.2, 0.25) is 0 Å². The molecule has 1 aliphatic rings. The lowest BCUT2D eigenvalue weighted by atomic mass is 9.85. The van der Waals surface area contributed by atoms with Crippen molar-refractivity contribution in [1.29, 1.82) is 5.26 Å². The Bertz CT molecular complexity index is 1410. The maximum atomic E-state index is 13.4. The number of carbonyl (C=O) groups excluding carboxylic acids is 1. The zero-order valence-corrected chi connectivity index (χ0v) is 23.9. The van der Waals surface area contributed by atoms with Gasteiger partial charge in [-0.25, -0.2) is 18.4 Å². The van der Waals surface area contributed by atoms with Crippen LogP contribution in [0.25, 0.3) is 5.82 Å². The SMILES string of the molecule is CCc1nc(C(=O)NC[C@H]2CC[C@H](S(C)(=O)=O)CC2)c(C#N)n1-c1ncc(CC(C)(C)C(F)(F)F)cc1OC(F)F. The smallest absolute Gasteiger partial charge is 0.394 e. The molecule has 41 heavy (non-hydrogen) atoms. The van der Waals surface area contributed by atoms with E-state index in [0.717, 1.165) is 30.7 Å². The number of hydrogen-bond acceptors (Lipinski definition) is 7. The van der Waals surface area contributed by atoms with Crippen LogP contribution in [0.5, 0.6) is 5.75 Å². The fraction of sp³-hybridized carbons (Fsp3) is 0.615. The maximum absolute atomic E-state index is 13.4. The monoisotopic (exact) mass is 605 g/mol. The number of hydrogen-bond donors (Lipinski definition) is 1. The molecule has 9 nitrogen and oxygen atoms in total. The third kappa shape index (κ3) is 7.52. The second-order valence-corrected chi connectivity index (χ2v) is 13.1. The lowest BCUT2D eigenvalue weighted by Crippen LogP contribution is -2.34. The first-order valence-corrected chi connectivity index (χ1v) is 14.9. The predicted octanol–water partition coefficient (Wildman–Crippen LogP) is 4.77. The van der Waals surface area contributed by atoms with Crippen molar-refractivity contribution in [3.63, 3.8) is 0 Å². The van der Waals surface area contributed by atoms with E-state index < -0.39 is 51.4 Å². The Balaban J connectivity index is 1.91. The highest BCUT2D eigenvalue weighted by atomic mass is 32.2. The summed E-state index contributed by atoms with van der Waals surface area (Å²) in [6.45, 7) is 0.457. The van der Waals surface area contributed by atoms with E-state index in [-0.39, 0.29) is 47.5 Å². The number of alkyl halides is 5. The summed E-state index contributed by atoms with van der Waals surface area (Å²) in [6.07, 6.45) is -0.574. The topological polar surface area (TPSA) is 127 Å². The molecule has 0 aromatic carbocycles. The second-order valence-electron chi connectivity index (χ2n) is 10.8. The van der Waals surface area contributed by atoms with Gasteiger partial charge in [-0.1, -0.05) is 20.8 Å². The fourth-order valence-electron chi connectivity index (χ4n) is 4.81. The average molecular weight is 606 g/mol. The minimum Gasteiger partial charge on any atom is -0.431 e. The van der Waals surface area contributed by atoms with E-state index in [1.165, 1.54) is 6.26 Å². The highest BCUT2D eigenvalue weighted by molar-refractivity contribution is 7.91. The van der Waals surface area contributed by atoms with E-state index in [4.69, 9.17) is 0 Å². The van der Waals surface area contributed by atoms with Crippen LogP contribution in [0.2, 0.25) is 0 Å². The summed E-state index contributed by atoms with van der Waals surface area (Å²) in [4.78, 5) is 21.4.